The van der Waals surface area contributed by atoms with Crippen molar-refractivity contribution in [2.45, 2.75) is 262 Å². The number of halogens is 2. The quantitative estimate of drug-likeness (QED) is 0.127. The molecule has 4 heteroatoms. The molecule has 0 saturated heterocycles. The second-order valence-corrected chi connectivity index (χ2v) is 39.5. The molecule has 0 aliphatic heterocycles. The van der Waals surface area contributed by atoms with Crippen molar-refractivity contribution in [1.82, 2.24) is 0 Å². The van der Waals surface area contributed by atoms with Gasteiger partial charge in [0.2, 0.25) is 0 Å². The number of anilines is 6. The summed E-state index contributed by atoms with van der Waals surface area (Å²) < 4.78 is 191. The summed E-state index contributed by atoms with van der Waals surface area (Å²) in [6.07, 6.45) is 0. The lowest BCUT2D eigenvalue weighted by molar-refractivity contribution is 0.568. The van der Waals surface area contributed by atoms with Crippen LogP contribution in [0.15, 0.2) is 194 Å². The Balaban J connectivity index is 1.71. The molecule has 10 aromatic carbocycles. The standard InChI is InChI=1S/C100H122Cl2N2/c1-91(2,3)67-44-40-63(41-45-67)81-55-72(96(16,17)18)57-83(80-49-48-69(93(7,8)9)59-87(80)100(28,29)30)89(81)103(76-36-31-34-74(101)60-76)78-52-66(65-50-70(94(10,11)12)54-71(51-65)95(13,14)15)53-79(62-78)104(77-37-32-35-75(102)61-77)90-82(64-42-46-68(47-43-64)92(4,5)6)56-73(97(19,20)21)58-84(90)88-85(98(22,23)24)38-33-39-86(88)99(25,26)27/h31-62H,1-30H3/i33D,38D,39D,40D,41D,42D,43D,44D,45D,46D,47D,48D,49D,55D,56D,57D,58D,59D. The van der Waals surface area contributed by atoms with Gasteiger partial charge in [-0.05, 0) is 222 Å². The van der Waals surface area contributed by atoms with Crippen molar-refractivity contribution < 1.29 is 24.7 Å². The van der Waals surface area contributed by atoms with Gasteiger partial charge in [-0.1, -0.05) is 346 Å². The Morgan fingerprint density at radius 1 is 0.250 bits per heavy atom. The largest absolute Gasteiger partial charge is 0.309 e. The molecule has 0 bridgehead atoms. The van der Waals surface area contributed by atoms with Crippen LogP contribution in [0.5, 0.6) is 0 Å². The normalized spacial score (nSPS) is 15.6. The van der Waals surface area contributed by atoms with Crippen LogP contribution < -0.4 is 9.80 Å². The van der Waals surface area contributed by atoms with Crippen molar-refractivity contribution in [3.05, 3.63) is 259 Å². The maximum atomic E-state index is 11.5. The summed E-state index contributed by atoms with van der Waals surface area (Å²) in [7, 11) is 0. The maximum absolute atomic E-state index is 11.5. The molecule has 0 spiro atoms. The first-order chi connectivity index (χ1) is 55.3. The fraction of sp³-hybridized carbons (Fsp3) is 0.400. The fourth-order valence-corrected chi connectivity index (χ4v) is 13.0. The molecule has 104 heavy (non-hydrogen) atoms. The van der Waals surface area contributed by atoms with Gasteiger partial charge in [-0.2, -0.15) is 0 Å². The van der Waals surface area contributed by atoms with Gasteiger partial charge in [0.05, 0.1) is 36.0 Å². The van der Waals surface area contributed by atoms with Gasteiger partial charge in [0.15, 0.2) is 0 Å². The lowest BCUT2D eigenvalue weighted by atomic mass is 9.72. The summed E-state index contributed by atoms with van der Waals surface area (Å²) in [6.45, 7) is 57.1. The van der Waals surface area contributed by atoms with Gasteiger partial charge >= 0.3 is 0 Å². The van der Waals surface area contributed by atoms with Crippen LogP contribution in [0.1, 0.15) is 288 Å². The zero-order valence-corrected chi connectivity index (χ0v) is 69.2. The molecule has 0 heterocycles. The molecule has 0 radical (unpaired) electrons. The Morgan fingerprint density at radius 3 is 0.942 bits per heavy atom. The van der Waals surface area contributed by atoms with Crippen LogP contribution in [0, 0.1) is 0 Å². The molecule has 0 atom stereocenters. The molecule has 10 aromatic rings. The third kappa shape index (κ3) is 17.1. The highest BCUT2D eigenvalue weighted by atomic mass is 35.5. The van der Waals surface area contributed by atoms with E-state index in [4.69, 9.17) is 23.2 Å². The van der Waals surface area contributed by atoms with E-state index in [1.807, 2.05) is 137 Å². The average Bonchev–Trinajstić information content (AvgIpc) is 0.691. The predicted molar refractivity (Wildman–Crippen MR) is 460 cm³/mol. The summed E-state index contributed by atoms with van der Waals surface area (Å²) in [6, 6.07) is 18.8. The zero-order valence-electron chi connectivity index (χ0n) is 85.7. The van der Waals surface area contributed by atoms with Crippen molar-refractivity contribution in [2.24, 2.45) is 0 Å². The van der Waals surface area contributed by atoms with Gasteiger partial charge in [0, 0.05) is 55.0 Å². The highest BCUT2D eigenvalue weighted by Gasteiger charge is 2.36. The van der Waals surface area contributed by atoms with Gasteiger partial charge in [-0.15, -0.1) is 0 Å². The Kier molecular flexibility index (Phi) is 15.5. The number of hydrogen-bond acceptors (Lipinski definition) is 2. The van der Waals surface area contributed by atoms with Crippen molar-refractivity contribution >= 4 is 57.3 Å². The molecule has 546 valence electrons. The molecule has 0 amide bonds. The number of rotatable bonds is 11. The van der Waals surface area contributed by atoms with E-state index in [1.165, 1.54) is 0 Å². The Morgan fingerprint density at radius 2 is 0.587 bits per heavy atom. The molecular weight excluding hydrogens is 1300 g/mol. The molecule has 0 N–H and O–H groups in total. The van der Waals surface area contributed by atoms with Crippen molar-refractivity contribution in [1.29, 1.82) is 0 Å². The summed E-state index contributed by atoms with van der Waals surface area (Å²) in [4.78, 5) is 3.49. The fourth-order valence-electron chi connectivity index (χ4n) is 12.6. The molecule has 2 nitrogen and oxygen atoms in total. The number of nitrogens with zero attached hydrogens (tertiary/aromatic N) is 2. The van der Waals surface area contributed by atoms with E-state index < -0.39 is 102 Å². The average molecular weight is 1440 g/mol. The predicted octanol–water partition coefficient (Wildman–Crippen LogP) is 31.2. The van der Waals surface area contributed by atoms with E-state index in [2.05, 4.69) is 59.7 Å². The third-order valence-electron chi connectivity index (χ3n) is 18.9. The van der Waals surface area contributed by atoms with Crippen LogP contribution >= 0.6 is 23.2 Å². The first-order valence-electron chi connectivity index (χ1n) is 45.6. The second kappa shape index (κ2) is 27.9. The minimum atomic E-state index is -1.18. The first-order valence-corrected chi connectivity index (χ1v) is 37.3. The van der Waals surface area contributed by atoms with E-state index in [0.717, 1.165) is 11.1 Å². The van der Waals surface area contributed by atoms with Gasteiger partial charge in [0.25, 0.3) is 0 Å². The van der Waals surface area contributed by atoms with Crippen LogP contribution in [-0.4, -0.2) is 0 Å². The number of hydrogen-bond donors (Lipinski definition) is 0. The smallest absolute Gasteiger partial charge is 0.0633 e. The van der Waals surface area contributed by atoms with Gasteiger partial charge < -0.3 is 9.80 Å². The minimum absolute atomic E-state index is 0.00576. The maximum Gasteiger partial charge on any atom is 0.0633 e. The Bertz CT molecular complexity index is 5800. The van der Waals surface area contributed by atoms with Gasteiger partial charge in [0.1, 0.15) is 0 Å². The van der Waals surface area contributed by atoms with Gasteiger partial charge in [-0.3, -0.25) is 0 Å². The summed E-state index contributed by atoms with van der Waals surface area (Å²) in [5, 5.41) is 0.365. The van der Waals surface area contributed by atoms with Gasteiger partial charge in [-0.25, -0.2) is 0 Å². The monoisotopic (exact) mass is 1440 g/mol. The molecule has 10 rings (SSSR count). The molecule has 0 unspecified atom stereocenters. The van der Waals surface area contributed by atoms with E-state index >= 15 is 0 Å². The lowest BCUT2D eigenvalue weighted by Gasteiger charge is -2.37. The highest BCUT2D eigenvalue weighted by molar-refractivity contribution is 6.31. The molecular formula is C100H122Cl2N2. The van der Waals surface area contributed by atoms with E-state index in [9.17, 15) is 24.7 Å². The van der Waals surface area contributed by atoms with E-state index in [0.29, 0.717) is 11.1 Å². The second-order valence-electron chi connectivity index (χ2n) is 38.6. The van der Waals surface area contributed by atoms with E-state index in [-0.39, 0.29) is 194 Å². The van der Waals surface area contributed by atoms with Crippen molar-refractivity contribution in [2.75, 3.05) is 9.80 Å². The summed E-state index contributed by atoms with van der Waals surface area (Å²) >= 11 is 15.0. The van der Waals surface area contributed by atoms with Crippen LogP contribution in [0.3, 0.4) is 0 Å². The minimum Gasteiger partial charge on any atom is -0.309 e. The van der Waals surface area contributed by atoms with Crippen molar-refractivity contribution in [3.8, 4) is 55.6 Å². The van der Waals surface area contributed by atoms with Crippen LogP contribution in [0.2, 0.25) is 10.0 Å². The summed E-state index contributed by atoms with van der Waals surface area (Å²) in [5.74, 6) is 0. The van der Waals surface area contributed by atoms with Crippen molar-refractivity contribution in [3.63, 3.8) is 0 Å². The molecule has 0 fully saturated rings. The molecule has 0 aliphatic rings. The summed E-state index contributed by atoms with van der Waals surface area (Å²) in [5.41, 5.74) is -5.92. The SMILES string of the molecule is [2H]c1c([2H])c(C(C)(C)C)c(-c2c([2H])c(C(C)(C)C)c([2H])c(-c3c([2H])c([2H])c(C(C)(C)C)c([2H])c3[2H])c2N(c2cccc(Cl)c2)c2cc(-c3cc(C(C)(C)C)cc(C(C)(C)C)c3)cc(N(c3cccc(Cl)c3)c3c(-c4c([2H])c([2H])c(C(C)(C)C)c([2H])c4[2H])c([2H])c(C(C)(C)C)c([2H])c3-c3c([2H])c([2H])c(C(C)(C)C)c([2H])c3C(C)(C)C)c2)c(C(C)(C)C)c1[2H]. The number of benzene rings is 10. The molecule has 0 aromatic heterocycles. The topological polar surface area (TPSA) is 6.48 Å². The first kappa shape index (κ1) is 57.6. The Hall–Kier alpha value is -7.62. The van der Waals surface area contributed by atoms with Crippen LogP contribution in [0.4, 0.5) is 34.1 Å². The van der Waals surface area contributed by atoms with Crippen LogP contribution in [-0.2, 0) is 54.1 Å². The van der Waals surface area contributed by atoms with Crippen LogP contribution in [0.25, 0.3) is 55.6 Å². The Labute approximate surface area is 665 Å². The zero-order chi connectivity index (χ0) is 92.6. The van der Waals surface area contributed by atoms with E-state index in [1.54, 1.807) is 106 Å². The molecule has 0 saturated carbocycles. The third-order valence-corrected chi connectivity index (χ3v) is 19.4. The highest BCUT2D eigenvalue weighted by Crippen LogP contribution is 2.57. The molecule has 0 aliphatic carbocycles. The lowest BCUT2D eigenvalue weighted by Crippen LogP contribution is -2.22.